The summed E-state index contributed by atoms with van der Waals surface area (Å²) < 4.78 is 24.7. The second kappa shape index (κ2) is 5.94. The van der Waals surface area contributed by atoms with E-state index in [1.807, 2.05) is 30.0 Å². The Balaban J connectivity index is 1.75. The standard InChI is InChI=1S/C16H23NO2S2/c1-20-16(9-5-2-6-10-16)12-17-14-11-21(18,19)15-8-4-3-7-13(14)15/h3-4,7-8,14,17H,2,5-6,9-12H2,1H3. The fraction of sp³-hybridized carbons (Fsp3) is 0.625. The largest absolute Gasteiger partial charge is 0.308 e. The number of fused-ring (bicyclic) bond motifs is 1. The van der Waals surface area contributed by atoms with Crippen LogP contribution in [0.5, 0.6) is 0 Å². The van der Waals surface area contributed by atoms with Crippen LogP contribution in [0.4, 0.5) is 0 Å². The van der Waals surface area contributed by atoms with Crippen LogP contribution in [-0.2, 0) is 9.84 Å². The molecule has 1 fully saturated rings. The van der Waals surface area contributed by atoms with E-state index in [9.17, 15) is 8.42 Å². The summed E-state index contributed by atoms with van der Waals surface area (Å²) in [6.07, 6.45) is 8.59. The molecule has 0 radical (unpaired) electrons. The molecule has 1 saturated carbocycles. The molecule has 1 atom stereocenters. The lowest BCUT2D eigenvalue weighted by Crippen LogP contribution is -2.41. The van der Waals surface area contributed by atoms with Crippen LogP contribution in [0.1, 0.15) is 43.7 Å². The van der Waals surface area contributed by atoms with Crippen LogP contribution in [0.15, 0.2) is 29.2 Å². The zero-order valence-corrected chi connectivity index (χ0v) is 14.1. The molecule has 0 aromatic heterocycles. The summed E-state index contributed by atoms with van der Waals surface area (Å²) >= 11 is 1.95. The normalized spacial score (nSPS) is 26.4. The second-order valence-electron chi connectivity index (χ2n) is 6.20. The van der Waals surface area contributed by atoms with Gasteiger partial charge < -0.3 is 5.32 Å². The Bertz CT molecular complexity index is 606. The van der Waals surface area contributed by atoms with Crippen LogP contribution >= 0.6 is 11.8 Å². The number of hydrogen-bond donors (Lipinski definition) is 1. The third-order valence-electron chi connectivity index (χ3n) is 4.88. The van der Waals surface area contributed by atoms with Crippen molar-refractivity contribution in [3.63, 3.8) is 0 Å². The van der Waals surface area contributed by atoms with Crippen molar-refractivity contribution >= 4 is 21.6 Å². The topological polar surface area (TPSA) is 46.2 Å². The summed E-state index contributed by atoms with van der Waals surface area (Å²) in [6.45, 7) is 0.905. The van der Waals surface area contributed by atoms with Gasteiger partial charge in [-0.2, -0.15) is 11.8 Å². The van der Waals surface area contributed by atoms with E-state index in [0.717, 1.165) is 12.1 Å². The molecular weight excluding hydrogens is 302 g/mol. The van der Waals surface area contributed by atoms with E-state index in [0.29, 0.717) is 9.64 Å². The number of sulfone groups is 1. The second-order valence-corrected chi connectivity index (χ2v) is 9.48. The summed E-state index contributed by atoms with van der Waals surface area (Å²) in [7, 11) is -3.10. The minimum absolute atomic E-state index is 0.0443. The highest BCUT2D eigenvalue weighted by Crippen LogP contribution is 2.39. The van der Waals surface area contributed by atoms with Crippen molar-refractivity contribution in [1.29, 1.82) is 0 Å². The molecular formula is C16H23NO2S2. The fourth-order valence-corrected chi connectivity index (χ4v) is 6.27. The van der Waals surface area contributed by atoms with Crippen molar-refractivity contribution in [3.8, 4) is 0 Å². The molecule has 1 aromatic rings. The Morgan fingerprint density at radius 1 is 1.24 bits per heavy atom. The predicted octanol–water partition coefficient (Wildman–Crippen LogP) is 3.17. The van der Waals surface area contributed by atoms with E-state index in [4.69, 9.17) is 0 Å². The van der Waals surface area contributed by atoms with E-state index in [1.165, 1.54) is 32.1 Å². The van der Waals surface area contributed by atoms with Crippen LogP contribution in [0.25, 0.3) is 0 Å². The lowest BCUT2D eigenvalue weighted by Gasteiger charge is -2.37. The number of thioether (sulfide) groups is 1. The molecule has 1 unspecified atom stereocenters. The Kier molecular flexibility index (Phi) is 4.35. The van der Waals surface area contributed by atoms with E-state index >= 15 is 0 Å². The van der Waals surface area contributed by atoms with Crippen molar-refractivity contribution in [3.05, 3.63) is 29.8 Å². The Morgan fingerprint density at radius 2 is 1.95 bits per heavy atom. The van der Waals surface area contributed by atoms with Gasteiger partial charge in [-0.15, -0.1) is 0 Å². The van der Waals surface area contributed by atoms with Crippen molar-refractivity contribution in [1.82, 2.24) is 5.32 Å². The molecule has 0 spiro atoms. The summed E-state index contributed by atoms with van der Waals surface area (Å²) in [5.41, 5.74) is 0.949. The molecule has 0 amide bonds. The zero-order valence-electron chi connectivity index (χ0n) is 12.5. The molecule has 3 nitrogen and oxygen atoms in total. The highest BCUT2D eigenvalue weighted by atomic mass is 32.2. The third kappa shape index (κ3) is 3.01. The maximum atomic E-state index is 12.2. The first kappa shape index (κ1) is 15.4. The quantitative estimate of drug-likeness (QED) is 0.923. The van der Waals surface area contributed by atoms with Crippen LogP contribution in [0.2, 0.25) is 0 Å². The first-order valence-electron chi connectivity index (χ1n) is 7.67. The first-order valence-corrected chi connectivity index (χ1v) is 10.5. The SMILES string of the molecule is CSC1(CNC2CS(=O)(=O)c3ccccc32)CCCCC1. The predicted molar refractivity (Wildman–Crippen MR) is 88.6 cm³/mol. The molecule has 116 valence electrons. The smallest absolute Gasteiger partial charge is 0.180 e. The molecule has 1 aliphatic carbocycles. The van der Waals surface area contributed by atoms with Gasteiger partial charge in [0.25, 0.3) is 0 Å². The zero-order chi connectivity index (χ0) is 14.9. The number of hydrogen-bond acceptors (Lipinski definition) is 4. The average molecular weight is 325 g/mol. The third-order valence-corrected chi connectivity index (χ3v) is 8.12. The highest BCUT2D eigenvalue weighted by molar-refractivity contribution is 8.00. The lowest BCUT2D eigenvalue weighted by molar-refractivity contribution is 0.368. The molecule has 1 aromatic carbocycles. The van der Waals surface area contributed by atoms with Gasteiger partial charge in [-0.3, -0.25) is 0 Å². The molecule has 0 saturated heterocycles. The number of benzene rings is 1. The minimum atomic E-state index is -3.10. The Morgan fingerprint density at radius 3 is 2.67 bits per heavy atom. The van der Waals surface area contributed by atoms with E-state index in [1.54, 1.807) is 6.07 Å². The van der Waals surface area contributed by atoms with Crippen molar-refractivity contribution in [2.75, 3.05) is 18.6 Å². The van der Waals surface area contributed by atoms with Crippen molar-refractivity contribution in [2.45, 2.75) is 47.8 Å². The molecule has 21 heavy (non-hydrogen) atoms. The molecule has 2 aliphatic rings. The summed E-state index contributed by atoms with van der Waals surface area (Å²) in [5, 5.41) is 3.55. The van der Waals surface area contributed by atoms with Gasteiger partial charge in [0.15, 0.2) is 9.84 Å². The summed E-state index contributed by atoms with van der Waals surface area (Å²) in [5.74, 6) is 0.205. The van der Waals surface area contributed by atoms with Crippen LogP contribution in [0, 0.1) is 0 Å². The van der Waals surface area contributed by atoms with Crippen LogP contribution in [-0.4, -0.2) is 31.7 Å². The summed E-state index contributed by atoms with van der Waals surface area (Å²) in [4.78, 5) is 0.518. The monoisotopic (exact) mass is 325 g/mol. The van der Waals surface area contributed by atoms with Crippen molar-refractivity contribution < 1.29 is 8.42 Å². The first-order chi connectivity index (χ1) is 10.1. The van der Waals surface area contributed by atoms with E-state index in [2.05, 4.69) is 11.6 Å². The molecule has 3 rings (SSSR count). The van der Waals surface area contributed by atoms with Crippen LogP contribution in [0.3, 0.4) is 0 Å². The van der Waals surface area contributed by atoms with Gasteiger partial charge in [-0.05, 0) is 30.7 Å². The van der Waals surface area contributed by atoms with Gasteiger partial charge in [-0.1, -0.05) is 37.5 Å². The van der Waals surface area contributed by atoms with E-state index in [-0.39, 0.29) is 11.8 Å². The Hall–Kier alpha value is -0.520. The molecule has 1 N–H and O–H groups in total. The average Bonchev–Trinajstić information content (AvgIpc) is 2.78. The van der Waals surface area contributed by atoms with Gasteiger partial charge in [-0.25, -0.2) is 8.42 Å². The molecule has 0 bridgehead atoms. The highest BCUT2D eigenvalue weighted by Gasteiger charge is 2.37. The van der Waals surface area contributed by atoms with Crippen molar-refractivity contribution in [2.24, 2.45) is 0 Å². The fourth-order valence-electron chi connectivity index (χ4n) is 3.58. The lowest BCUT2D eigenvalue weighted by atomic mass is 9.88. The van der Waals surface area contributed by atoms with E-state index < -0.39 is 9.84 Å². The van der Waals surface area contributed by atoms with Gasteiger partial charge in [0.1, 0.15) is 0 Å². The maximum Gasteiger partial charge on any atom is 0.180 e. The van der Waals surface area contributed by atoms with Gasteiger partial charge in [0.2, 0.25) is 0 Å². The Labute approximate surface area is 131 Å². The number of rotatable bonds is 4. The maximum absolute atomic E-state index is 12.2. The van der Waals surface area contributed by atoms with Gasteiger partial charge in [0.05, 0.1) is 10.6 Å². The molecule has 5 heteroatoms. The minimum Gasteiger partial charge on any atom is -0.308 e. The van der Waals surface area contributed by atoms with Gasteiger partial charge in [0, 0.05) is 17.3 Å². The van der Waals surface area contributed by atoms with Crippen LogP contribution < -0.4 is 5.32 Å². The molecule has 1 heterocycles. The molecule has 1 aliphatic heterocycles. The number of nitrogens with one attached hydrogen (secondary N) is 1. The van der Waals surface area contributed by atoms with Gasteiger partial charge >= 0.3 is 0 Å². The summed E-state index contributed by atoms with van der Waals surface area (Å²) in [6, 6.07) is 7.38.